The van der Waals surface area contributed by atoms with E-state index in [1.54, 1.807) is 6.21 Å². The average Bonchev–Trinajstić information content (AvgIpc) is 3.08. The van der Waals surface area contributed by atoms with Crippen molar-refractivity contribution in [1.82, 2.24) is 14.9 Å². The van der Waals surface area contributed by atoms with Crippen molar-refractivity contribution in [3.63, 3.8) is 0 Å². The molecule has 3 fully saturated rings. The fourth-order valence-electron chi connectivity index (χ4n) is 5.16. The maximum atomic E-state index is 12.8. The van der Waals surface area contributed by atoms with Crippen LogP contribution in [-0.2, 0) is 4.79 Å². The topological polar surface area (TPSA) is 66.7 Å². The molecule has 1 aromatic heterocycles. The van der Waals surface area contributed by atoms with E-state index >= 15 is 0 Å². The van der Waals surface area contributed by atoms with Gasteiger partial charge >= 0.3 is 6.03 Å². The predicted octanol–water partition coefficient (Wildman–Crippen LogP) is 4.20. The first-order valence-corrected chi connectivity index (χ1v) is 10.4. The molecule has 1 aliphatic heterocycles. The fourth-order valence-corrected chi connectivity index (χ4v) is 5.16. The van der Waals surface area contributed by atoms with Crippen LogP contribution in [0.15, 0.2) is 11.2 Å². The summed E-state index contributed by atoms with van der Waals surface area (Å²) in [5, 5.41) is 8.25. The Bertz CT molecular complexity index is 767. The highest BCUT2D eigenvalue weighted by Gasteiger charge is 2.51. The number of amides is 3. The van der Waals surface area contributed by atoms with Gasteiger partial charge in [0.2, 0.25) is 0 Å². The lowest BCUT2D eigenvalue weighted by Gasteiger charge is -2.29. The smallest absolute Gasteiger partial charge is 0.345 e. The van der Waals surface area contributed by atoms with Crippen molar-refractivity contribution in [3.8, 4) is 0 Å². The van der Waals surface area contributed by atoms with E-state index in [1.165, 1.54) is 43.5 Å². The predicted molar refractivity (Wildman–Crippen MR) is 105 cm³/mol. The molecule has 27 heavy (non-hydrogen) atoms. The lowest BCUT2D eigenvalue weighted by Crippen LogP contribution is -2.48. The first-order valence-electron chi connectivity index (χ1n) is 10.4. The third kappa shape index (κ3) is 3.19. The molecule has 3 amide bonds. The molecule has 0 atom stereocenters. The van der Waals surface area contributed by atoms with E-state index in [-0.39, 0.29) is 11.9 Å². The van der Waals surface area contributed by atoms with Gasteiger partial charge in [-0.25, -0.2) is 4.79 Å². The van der Waals surface area contributed by atoms with Crippen LogP contribution in [0.1, 0.15) is 87.2 Å². The molecule has 6 nitrogen and oxygen atoms in total. The van der Waals surface area contributed by atoms with Gasteiger partial charge in [-0.05, 0) is 45.6 Å². The molecule has 0 aromatic carbocycles. The summed E-state index contributed by atoms with van der Waals surface area (Å²) in [6.07, 6.45) is 12.6. The second kappa shape index (κ2) is 7.13. The van der Waals surface area contributed by atoms with Gasteiger partial charge in [-0.15, -0.1) is 5.01 Å². The maximum Gasteiger partial charge on any atom is 0.346 e. The lowest BCUT2D eigenvalue weighted by atomic mass is 9.82. The summed E-state index contributed by atoms with van der Waals surface area (Å²) in [7, 11) is 0. The molecule has 0 bridgehead atoms. The molecule has 2 saturated carbocycles. The lowest BCUT2D eigenvalue weighted by molar-refractivity contribution is -0.132. The summed E-state index contributed by atoms with van der Waals surface area (Å²) in [5.74, 6) is -0.190. The first-order chi connectivity index (χ1) is 13.0. The number of nitrogens with zero attached hydrogens (tertiary/aromatic N) is 3. The van der Waals surface area contributed by atoms with Crippen LogP contribution in [0.3, 0.4) is 0 Å². The Hall–Kier alpha value is -2.11. The highest BCUT2D eigenvalue weighted by Crippen LogP contribution is 2.34. The van der Waals surface area contributed by atoms with E-state index in [0.717, 1.165) is 42.7 Å². The monoisotopic (exact) mass is 370 g/mol. The van der Waals surface area contributed by atoms with Crippen LogP contribution in [0.4, 0.5) is 4.79 Å². The zero-order valence-electron chi connectivity index (χ0n) is 16.5. The van der Waals surface area contributed by atoms with Gasteiger partial charge in [-0.2, -0.15) is 5.10 Å². The van der Waals surface area contributed by atoms with Crippen LogP contribution >= 0.6 is 0 Å². The summed E-state index contributed by atoms with van der Waals surface area (Å²) < 4.78 is 2.41. The van der Waals surface area contributed by atoms with Crippen molar-refractivity contribution in [2.24, 2.45) is 5.10 Å². The number of rotatable bonds is 3. The molecule has 3 aliphatic rings. The van der Waals surface area contributed by atoms with Gasteiger partial charge in [0.25, 0.3) is 5.91 Å². The van der Waals surface area contributed by atoms with E-state index < -0.39 is 5.54 Å². The van der Waals surface area contributed by atoms with E-state index in [0.29, 0.717) is 6.04 Å². The summed E-state index contributed by atoms with van der Waals surface area (Å²) >= 11 is 0. The Balaban J connectivity index is 1.54. The normalized spacial score (nSPS) is 23.6. The van der Waals surface area contributed by atoms with Gasteiger partial charge in [0, 0.05) is 23.0 Å². The third-order valence-electron chi connectivity index (χ3n) is 6.62. The second-order valence-electron chi connectivity index (χ2n) is 8.42. The Morgan fingerprint density at radius 2 is 1.74 bits per heavy atom. The van der Waals surface area contributed by atoms with Crippen molar-refractivity contribution in [1.29, 1.82) is 0 Å². The molecule has 1 saturated heterocycles. The zero-order chi connectivity index (χ0) is 19.0. The Kier molecular flexibility index (Phi) is 4.82. The molecule has 2 heterocycles. The minimum atomic E-state index is -0.717. The quantitative estimate of drug-likeness (QED) is 0.640. The molecule has 1 spiro atoms. The minimum absolute atomic E-state index is 0.190. The Morgan fingerprint density at radius 1 is 1.07 bits per heavy atom. The maximum absolute atomic E-state index is 12.8. The standard InChI is InChI=1S/C21H30N4O2/c1-15-13-17(16(2)24(15)18-9-5-3-6-10-18)14-22-25-19(26)21(23-20(25)27)11-7-4-8-12-21/h13-14,18H,3-12H2,1-2H3,(H,23,27)/b22-14-. The van der Waals surface area contributed by atoms with Gasteiger partial charge in [-0.3, -0.25) is 4.79 Å². The van der Waals surface area contributed by atoms with Gasteiger partial charge in [0.05, 0.1) is 6.21 Å². The molecule has 2 aliphatic carbocycles. The van der Waals surface area contributed by atoms with Gasteiger partial charge in [-0.1, -0.05) is 38.5 Å². The number of aryl methyl sites for hydroxylation is 1. The number of imide groups is 1. The summed E-state index contributed by atoms with van der Waals surface area (Å²) in [6.45, 7) is 4.24. The average molecular weight is 370 g/mol. The van der Waals surface area contributed by atoms with Crippen LogP contribution in [0.5, 0.6) is 0 Å². The second-order valence-corrected chi connectivity index (χ2v) is 8.42. The van der Waals surface area contributed by atoms with Crippen molar-refractivity contribution in [2.75, 3.05) is 0 Å². The third-order valence-corrected chi connectivity index (χ3v) is 6.62. The molecular weight excluding hydrogens is 340 g/mol. The van der Waals surface area contributed by atoms with Crippen molar-refractivity contribution in [2.45, 2.75) is 89.6 Å². The highest BCUT2D eigenvalue weighted by atomic mass is 16.2. The summed E-state index contributed by atoms with van der Waals surface area (Å²) in [5.41, 5.74) is 2.67. The number of hydrazone groups is 1. The number of hydrogen-bond acceptors (Lipinski definition) is 3. The van der Waals surface area contributed by atoms with Crippen molar-refractivity contribution < 1.29 is 9.59 Å². The van der Waals surface area contributed by atoms with Crippen LogP contribution in [0.25, 0.3) is 0 Å². The highest BCUT2D eigenvalue weighted by molar-refractivity contribution is 6.07. The molecule has 146 valence electrons. The van der Waals surface area contributed by atoms with Crippen LogP contribution < -0.4 is 5.32 Å². The number of urea groups is 1. The Labute approximate surface area is 161 Å². The Morgan fingerprint density at radius 3 is 2.44 bits per heavy atom. The van der Waals surface area contributed by atoms with Gasteiger partial charge in [0.15, 0.2) is 0 Å². The van der Waals surface area contributed by atoms with Crippen molar-refractivity contribution in [3.05, 3.63) is 23.0 Å². The SMILES string of the molecule is Cc1cc(/C=N\N2C(=O)NC3(CCCCC3)C2=O)c(C)n1C1CCCCC1. The molecule has 0 radical (unpaired) electrons. The molecular formula is C21H30N4O2. The molecule has 1 aromatic rings. The van der Waals surface area contributed by atoms with Gasteiger partial charge in [0.1, 0.15) is 5.54 Å². The molecule has 6 heteroatoms. The molecule has 1 N–H and O–H groups in total. The van der Waals surface area contributed by atoms with E-state index in [9.17, 15) is 9.59 Å². The van der Waals surface area contributed by atoms with E-state index in [1.807, 2.05) is 0 Å². The first kappa shape index (κ1) is 18.3. The number of carbonyl (C=O) groups excluding carboxylic acids is 2. The van der Waals surface area contributed by atoms with Crippen LogP contribution in [0.2, 0.25) is 0 Å². The minimum Gasteiger partial charge on any atom is -0.345 e. The number of aromatic nitrogens is 1. The van der Waals surface area contributed by atoms with Crippen molar-refractivity contribution >= 4 is 18.2 Å². The number of hydrogen-bond donors (Lipinski definition) is 1. The van der Waals surface area contributed by atoms with E-state index in [2.05, 4.69) is 34.9 Å². The molecule has 0 unspecified atom stereocenters. The summed E-state index contributed by atoms with van der Waals surface area (Å²) in [6, 6.07) is 2.28. The van der Waals surface area contributed by atoms with Crippen LogP contribution in [-0.4, -0.2) is 33.3 Å². The fraction of sp³-hybridized carbons (Fsp3) is 0.667. The van der Waals surface area contributed by atoms with Crippen LogP contribution in [0, 0.1) is 13.8 Å². The summed E-state index contributed by atoms with van der Waals surface area (Å²) in [4.78, 5) is 25.2. The number of carbonyl (C=O) groups is 2. The van der Waals surface area contributed by atoms with E-state index in [4.69, 9.17) is 0 Å². The molecule has 4 rings (SSSR count). The number of nitrogens with one attached hydrogen (secondary N) is 1. The largest absolute Gasteiger partial charge is 0.346 e. The van der Waals surface area contributed by atoms with Gasteiger partial charge < -0.3 is 9.88 Å². The zero-order valence-corrected chi connectivity index (χ0v) is 16.5.